The van der Waals surface area contributed by atoms with Crippen LogP contribution in [-0.2, 0) is 4.74 Å². The predicted molar refractivity (Wildman–Crippen MR) is 61.7 cm³/mol. The summed E-state index contributed by atoms with van der Waals surface area (Å²) in [6.07, 6.45) is 0.563. The first-order valence-corrected chi connectivity index (χ1v) is 5.87. The number of hydrogen-bond donors (Lipinski definition) is 1. The van der Waals surface area contributed by atoms with E-state index in [2.05, 4.69) is 5.32 Å². The molecule has 1 aliphatic rings. The molecule has 0 aliphatic carbocycles. The maximum atomic E-state index is 13.1. The second-order valence-electron chi connectivity index (χ2n) is 4.74. The van der Waals surface area contributed by atoms with E-state index in [0.29, 0.717) is 12.1 Å². The first-order chi connectivity index (χ1) is 8.02. The van der Waals surface area contributed by atoms with Gasteiger partial charge >= 0.3 is 0 Å². The van der Waals surface area contributed by atoms with E-state index in [0.717, 1.165) is 19.0 Å². The van der Waals surface area contributed by atoms with E-state index >= 15 is 0 Å². The molecule has 17 heavy (non-hydrogen) atoms. The maximum absolute atomic E-state index is 13.1. The smallest absolute Gasteiger partial charge is 0.126 e. The monoisotopic (exact) mass is 241 g/mol. The van der Waals surface area contributed by atoms with Crippen LogP contribution in [0.3, 0.4) is 0 Å². The Hall–Kier alpha value is -1.00. The Bertz CT molecular complexity index is 390. The summed E-state index contributed by atoms with van der Waals surface area (Å²) < 4.78 is 32.2. The van der Waals surface area contributed by atoms with Gasteiger partial charge in [0.05, 0.1) is 11.7 Å². The van der Waals surface area contributed by atoms with Gasteiger partial charge in [-0.05, 0) is 31.0 Å². The van der Waals surface area contributed by atoms with E-state index < -0.39 is 11.6 Å². The van der Waals surface area contributed by atoms with Crippen LogP contribution >= 0.6 is 0 Å². The molecule has 2 unspecified atom stereocenters. The molecule has 4 heteroatoms. The van der Waals surface area contributed by atoms with Crippen molar-refractivity contribution in [2.24, 2.45) is 0 Å². The average Bonchev–Trinajstić information content (AvgIpc) is 2.28. The Morgan fingerprint density at radius 3 is 2.59 bits per heavy atom. The standard InChI is InChI=1S/C13H17F2NO/c1-3-13(2)8-16-7-12(17-13)9-4-10(14)6-11(15)5-9/h4-6,12,16H,3,7-8H2,1-2H3. The van der Waals surface area contributed by atoms with Gasteiger partial charge in [0.1, 0.15) is 11.6 Å². The van der Waals surface area contributed by atoms with E-state index in [4.69, 9.17) is 4.74 Å². The van der Waals surface area contributed by atoms with Crippen LogP contribution in [0, 0.1) is 11.6 Å². The molecule has 1 aromatic rings. The van der Waals surface area contributed by atoms with Crippen molar-refractivity contribution in [3.05, 3.63) is 35.4 Å². The van der Waals surface area contributed by atoms with Crippen LogP contribution in [0.15, 0.2) is 18.2 Å². The van der Waals surface area contributed by atoms with Crippen LogP contribution in [0.25, 0.3) is 0 Å². The molecule has 2 nitrogen and oxygen atoms in total. The van der Waals surface area contributed by atoms with Gasteiger partial charge in [0.2, 0.25) is 0 Å². The predicted octanol–water partition coefficient (Wildman–Crippen LogP) is 2.79. The number of benzene rings is 1. The first kappa shape index (κ1) is 12.5. The minimum absolute atomic E-state index is 0.272. The lowest BCUT2D eigenvalue weighted by Crippen LogP contribution is -2.48. The number of morpholine rings is 1. The molecule has 1 aliphatic heterocycles. The van der Waals surface area contributed by atoms with E-state index in [1.807, 2.05) is 13.8 Å². The number of halogens is 2. The third-order valence-corrected chi connectivity index (χ3v) is 3.26. The van der Waals surface area contributed by atoms with Crippen LogP contribution in [0.2, 0.25) is 0 Å². The minimum Gasteiger partial charge on any atom is -0.365 e. The summed E-state index contributed by atoms with van der Waals surface area (Å²) >= 11 is 0. The van der Waals surface area contributed by atoms with Crippen LogP contribution in [0.5, 0.6) is 0 Å². The van der Waals surface area contributed by atoms with Crippen molar-refractivity contribution < 1.29 is 13.5 Å². The molecule has 1 saturated heterocycles. The van der Waals surface area contributed by atoms with Gasteiger partial charge in [0.25, 0.3) is 0 Å². The molecule has 2 atom stereocenters. The zero-order valence-electron chi connectivity index (χ0n) is 10.1. The highest BCUT2D eigenvalue weighted by molar-refractivity contribution is 5.21. The number of hydrogen-bond acceptors (Lipinski definition) is 2. The average molecular weight is 241 g/mol. The van der Waals surface area contributed by atoms with Crippen molar-refractivity contribution in [1.29, 1.82) is 0 Å². The number of nitrogens with one attached hydrogen (secondary N) is 1. The zero-order valence-corrected chi connectivity index (χ0v) is 10.1. The van der Waals surface area contributed by atoms with Gasteiger partial charge in [0.15, 0.2) is 0 Å². The van der Waals surface area contributed by atoms with Gasteiger partial charge < -0.3 is 10.1 Å². The van der Waals surface area contributed by atoms with Gasteiger partial charge in [-0.15, -0.1) is 0 Å². The quantitative estimate of drug-likeness (QED) is 0.859. The van der Waals surface area contributed by atoms with Gasteiger partial charge in [-0.2, -0.15) is 0 Å². The van der Waals surface area contributed by atoms with Gasteiger partial charge in [-0.1, -0.05) is 6.92 Å². The summed E-state index contributed by atoms with van der Waals surface area (Å²) in [7, 11) is 0. The Balaban J connectivity index is 2.21. The zero-order chi connectivity index (χ0) is 12.5. The topological polar surface area (TPSA) is 21.3 Å². The summed E-state index contributed by atoms with van der Waals surface area (Å²) in [4.78, 5) is 0. The molecule has 0 bridgehead atoms. The van der Waals surface area contributed by atoms with E-state index in [1.54, 1.807) is 0 Å². The SMILES string of the molecule is CCC1(C)CNCC(c2cc(F)cc(F)c2)O1. The largest absolute Gasteiger partial charge is 0.365 e. The van der Waals surface area contributed by atoms with Crippen molar-refractivity contribution in [2.75, 3.05) is 13.1 Å². The van der Waals surface area contributed by atoms with Crippen LogP contribution in [0.1, 0.15) is 31.9 Å². The molecule has 1 N–H and O–H groups in total. The fourth-order valence-electron chi connectivity index (χ4n) is 2.05. The molecule has 0 radical (unpaired) electrons. The van der Waals surface area contributed by atoms with Crippen molar-refractivity contribution in [1.82, 2.24) is 5.32 Å². The van der Waals surface area contributed by atoms with Gasteiger partial charge in [-0.25, -0.2) is 8.78 Å². The lowest BCUT2D eigenvalue weighted by atomic mass is 9.98. The molecule has 0 saturated carbocycles. The third kappa shape index (κ3) is 2.82. The van der Waals surface area contributed by atoms with Crippen molar-refractivity contribution in [3.8, 4) is 0 Å². The normalized spacial score (nSPS) is 29.3. The second kappa shape index (κ2) is 4.70. The van der Waals surface area contributed by atoms with Crippen molar-refractivity contribution in [2.45, 2.75) is 32.0 Å². The van der Waals surface area contributed by atoms with Crippen LogP contribution in [-0.4, -0.2) is 18.7 Å². The lowest BCUT2D eigenvalue weighted by Gasteiger charge is -2.39. The van der Waals surface area contributed by atoms with Crippen molar-refractivity contribution >= 4 is 0 Å². The van der Waals surface area contributed by atoms with E-state index in [-0.39, 0.29) is 11.7 Å². The second-order valence-corrected chi connectivity index (χ2v) is 4.74. The summed E-state index contributed by atoms with van der Waals surface area (Å²) in [5.74, 6) is -1.13. The minimum atomic E-state index is -0.563. The Morgan fingerprint density at radius 1 is 1.35 bits per heavy atom. The molecule has 0 spiro atoms. The molecular weight excluding hydrogens is 224 g/mol. The highest BCUT2D eigenvalue weighted by atomic mass is 19.1. The van der Waals surface area contributed by atoms with Crippen LogP contribution < -0.4 is 5.32 Å². The molecule has 0 amide bonds. The third-order valence-electron chi connectivity index (χ3n) is 3.26. The van der Waals surface area contributed by atoms with Crippen LogP contribution in [0.4, 0.5) is 8.78 Å². The van der Waals surface area contributed by atoms with Gasteiger partial charge in [0, 0.05) is 19.2 Å². The maximum Gasteiger partial charge on any atom is 0.126 e. The van der Waals surface area contributed by atoms with Gasteiger partial charge in [-0.3, -0.25) is 0 Å². The Kier molecular flexibility index (Phi) is 3.45. The van der Waals surface area contributed by atoms with Crippen molar-refractivity contribution in [3.63, 3.8) is 0 Å². The molecule has 0 aromatic heterocycles. The summed E-state index contributed by atoms with van der Waals surface area (Å²) in [5.41, 5.74) is 0.278. The van der Waals surface area contributed by atoms with E-state index in [9.17, 15) is 8.78 Å². The molecule has 1 fully saturated rings. The molecule has 2 rings (SSSR count). The fraction of sp³-hybridized carbons (Fsp3) is 0.538. The molecule has 94 valence electrons. The summed E-state index contributed by atoms with van der Waals surface area (Å²) in [5, 5.41) is 3.24. The molecule has 1 aromatic carbocycles. The highest BCUT2D eigenvalue weighted by Crippen LogP contribution is 2.29. The fourth-order valence-corrected chi connectivity index (χ4v) is 2.05. The number of rotatable bonds is 2. The highest BCUT2D eigenvalue weighted by Gasteiger charge is 2.32. The Labute approximate surface area is 100.0 Å². The summed E-state index contributed by atoms with van der Waals surface area (Å²) in [6.45, 7) is 5.38. The summed E-state index contributed by atoms with van der Waals surface area (Å²) in [6, 6.07) is 3.53. The molecule has 1 heterocycles. The lowest BCUT2D eigenvalue weighted by molar-refractivity contribution is -0.109. The molecular formula is C13H17F2NO. The Morgan fingerprint density at radius 2 is 2.00 bits per heavy atom. The van der Waals surface area contributed by atoms with E-state index in [1.165, 1.54) is 12.1 Å². The number of ether oxygens (including phenoxy) is 1. The first-order valence-electron chi connectivity index (χ1n) is 5.87.